The third kappa shape index (κ3) is 2.82. The van der Waals surface area contributed by atoms with E-state index in [-0.39, 0.29) is 17.8 Å². The minimum absolute atomic E-state index is 0.0850. The maximum absolute atomic E-state index is 12.1. The standard InChI is InChI=1S/C11H19N5O/c1-2-4-9-13-10(15-14-9)11(17)16-6-3-5-8(12)7-16/h8H,2-7,12H2,1H3,(H,13,14,15). The highest BCUT2D eigenvalue weighted by Gasteiger charge is 2.24. The maximum atomic E-state index is 12.1. The molecular formula is C11H19N5O. The Hall–Kier alpha value is -1.43. The molecule has 0 bridgehead atoms. The Morgan fingerprint density at radius 1 is 1.65 bits per heavy atom. The molecule has 1 aliphatic heterocycles. The van der Waals surface area contributed by atoms with Crippen LogP contribution in [0.2, 0.25) is 0 Å². The van der Waals surface area contributed by atoms with E-state index in [2.05, 4.69) is 22.1 Å². The van der Waals surface area contributed by atoms with Crippen LogP contribution in [0.15, 0.2) is 0 Å². The fraction of sp³-hybridized carbons (Fsp3) is 0.727. The molecule has 0 aliphatic carbocycles. The van der Waals surface area contributed by atoms with Crippen molar-refractivity contribution in [1.82, 2.24) is 20.1 Å². The molecule has 1 atom stereocenters. The largest absolute Gasteiger partial charge is 0.334 e. The van der Waals surface area contributed by atoms with Gasteiger partial charge in [-0.25, -0.2) is 4.98 Å². The second-order valence-corrected chi connectivity index (χ2v) is 4.51. The highest BCUT2D eigenvalue weighted by Crippen LogP contribution is 2.10. The Morgan fingerprint density at radius 2 is 2.47 bits per heavy atom. The zero-order chi connectivity index (χ0) is 12.3. The highest BCUT2D eigenvalue weighted by atomic mass is 16.2. The SMILES string of the molecule is CCCc1nc(C(=O)N2CCCC(N)C2)n[nH]1. The van der Waals surface area contributed by atoms with E-state index in [1.807, 2.05) is 0 Å². The molecule has 6 nitrogen and oxygen atoms in total. The van der Waals surface area contributed by atoms with Crippen molar-refractivity contribution < 1.29 is 4.79 Å². The van der Waals surface area contributed by atoms with Crippen molar-refractivity contribution in [3.8, 4) is 0 Å². The van der Waals surface area contributed by atoms with E-state index in [1.165, 1.54) is 0 Å². The number of likely N-dealkylation sites (tertiary alicyclic amines) is 1. The number of aryl methyl sites for hydroxylation is 1. The second kappa shape index (κ2) is 5.27. The molecule has 1 fully saturated rings. The molecule has 17 heavy (non-hydrogen) atoms. The normalized spacial score (nSPS) is 20.6. The van der Waals surface area contributed by atoms with E-state index >= 15 is 0 Å². The van der Waals surface area contributed by atoms with Gasteiger partial charge in [0, 0.05) is 25.6 Å². The number of amides is 1. The molecule has 94 valence electrons. The molecule has 0 saturated carbocycles. The van der Waals surface area contributed by atoms with Crippen LogP contribution in [0.1, 0.15) is 42.6 Å². The van der Waals surface area contributed by atoms with Crippen molar-refractivity contribution in [2.75, 3.05) is 13.1 Å². The molecule has 1 aromatic heterocycles. The first-order valence-electron chi connectivity index (χ1n) is 6.17. The summed E-state index contributed by atoms with van der Waals surface area (Å²) in [5.41, 5.74) is 5.85. The minimum atomic E-state index is -0.112. The van der Waals surface area contributed by atoms with Gasteiger partial charge in [0.2, 0.25) is 5.82 Å². The molecule has 3 N–H and O–H groups in total. The monoisotopic (exact) mass is 237 g/mol. The third-order valence-corrected chi connectivity index (χ3v) is 2.95. The van der Waals surface area contributed by atoms with Crippen LogP contribution in [0.25, 0.3) is 0 Å². The summed E-state index contributed by atoms with van der Waals surface area (Å²) in [6.45, 7) is 3.42. The van der Waals surface area contributed by atoms with Gasteiger partial charge in [-0.05, 0) is 19.3 Å². The molecule has 1 amide bonds. The molecule has 1 unspecified atom stereocenters. The highest BCUT2D eigenvalue weighted by molar-refractivity contribution is 5.90. The average molecular weight is 237 g/mol. The lowest BCUT2D eigenvalue weighted by atomic mass is 10.1. The van der Waals surface area contributed by atoms with Gasteiger partial charge in [0.05, 0.1) is 0 Å². The van der Waals surface area contributed by atoms with Crippen molar-refractivity contribution >= 4 is 5.91 Å². The van der Waals surface area contributed by atoms with Crippen LogP contribution in [-0.2, 0) is 6.42 Å². The van der Waals surface area contributed by atoms with Gasteiger partial charge in [0.15, 0.2) is 0 Å². The first-order chi connectivity index (χ1) is 8.20. The van der Waals surface area contributed by atoms with Gasteiger partial charge in [-0.1, -0.05) is 6.92 Å². The van der Waals surface area contributed by atoms with E-state index in [1.54, 1.807) is 4.90 Å². The van der Waals surface area contributed by atoms with Crippen LogP contribution < -0.4 is 5.73 Å². The fourth-order valence-corrected chi connectivity index (χ4v) is 2.08. The maximum Gasteiger partial charge on any atom is 0.293 e. The Kier molecular flexibility index (Phi) is 3.73. The van der Waals surface area contributed by atoms with Crippen LogP contribution in [-0.4, -0.2) is 45.1 Å². The number of hydrogen-bond acceptors (Lipinski definition) is 4. The molecule has 1 aromatic rings. The number of nitrogens with one attached hydrogen (secondary N) is 1. The first kappa shape index (κ1) is 12.0. The molecule has 0 radical (unpaired) electrons. The third-order valence-electron chi connectivity index (χ3n) is 2.95. The second-order valence-electron chi connectivity index (χ2n) is 4.51. The molecule has 0 aromatic carbocycles. The summed E-state index contributed by atoms with van der Waals surface area (Å²) in [7, 11) is 0. The summed E-state index contributed by atoms with van der Waals surface area (Å²) in [5, 5.41) is 6.76. The molecule has 2 heterocycles. The van der Waals surface area contributed by atoms with Crippen molar-refractivity contribution in [2.45, 2.75) is 38.6 Å². The van der Waals surface area contributed by atoms with Crippen LogP contribution >= 0.6 is 0 Å². The number of aromatic nitrogens is 3. The average Bonchev–Trinajstić information content (AvgIpc) is 2.77. The lowest BCUT2D eigenvalue weighted by Gasteiger charge is -2.29. The number of nitrogens with zero attached hydrogens (tertiary/aromatic N) is 3. The Balaban J connectivity index is 2.02. The molecule has 6 heteroatoms. The zero-order valence-corrected chi connectivity index (χ0v) is 10.1. The van der Waals surface area contributed by atoms with Gasteiger partial charge in [-0.2, -0.15) is 0 Å². The zero-order valence-electron chi connectivity index (χ0n) is 10.1. The van der Waals surface area contributed by atoms with E-state index in [9.17, 15) is 4.79 Å². The molecule has 1 saturated heterocycles. The topological polar surface area (TPSA) is 87.9 Å². The van der Waals surface area contributed by atoms with Gasteiger partial charge < -0.3 is 10.6 Å². The van der Waals surface area contributed by atoms with Crippen molar-refractivity contribution in [3.05, 3.63) is 11.6 Å². The van der Waals surface area contributed by atoms with Crippen LogP contribution in [0.5, 0.6) is 0 Å². The predicted molar refractivity (Wildman–Crippen MR) is 63.5 cm³/mol. The fourth-order valence-electron chi connectivity index (χ4n) is 2.08. The molecular weight excluding hydrogens is 218 g/mol. The molecule has 2 rings (SSSR count). The van der Waals surface area contributed by atoms with Gasteiger partial charge in [0.1, 0.15) is 5.82 Å². The van der Waals surface area contributed by atoms with Crippen LogP contribution in [0, 0.1) is 0 Å². The molecule has 1 aliphatic rings. The smallest absolute Gasteiger partial charge is 0.293 e. The number of H-pyrrole nitrogens is 1. The van der Waals surface area contributed by atoms with Gasteiger partial charge in [-0.3, -0.25) is 9.89 Å². The summed E-state index contributed by atoms with van der Waals surface area (Å²) in [6.07, 6.45) is 3.75. The number of aromatic amines is 1. The quantitative estimate of drug-likeness (QED) is 0.792. The van der Waals surface area contributed by atoms with E-state index in [0.29, 0.717) is 6.54 Å². The summed E-state index contributed by atoms with van der Waals surface area (Å²) in [5.74, 6) is 0.929. The van der Waals surface area contributed by atoms with Gasteiger partial charge in [0.25, 0.3) is 5.91 Å². The number of hydrogen-bond donors (Lipinski definition) is 2. The lowest BCUT2D eigenvalue weighted by Crippen LogP contribution is -2.46. The van der Waals surface area contributed by atoms with Crippen molar-refractivity contribution in [2.24, 2.45) is 5.73 Å². The van der Waals surface area contributed by atoms with E-state index in [0.717, 1.165) is 38.1 Å². The summed E-state index contributed by atoms with van der Waals surface area (Å²) >= 11 is 0. The van der Waals surface area contributed by atoms with Gasteiger partial charge in [-0.15, -0.1) is 5.10 Å². The number of carbonyl (C=O) groups excluding carboxylic acids is 1. The lowest BCUT2D eigenvalue weighted by molar-refractivity contribution is 0.0697. The Labute approximate surface area is 101 Å². The molecule has 0 spiro atoms. The minimum Gasteiger partial charge on any atom is -0.334 e. The Morgan fingerprint density at radius 3 is 3.18 bits per heavy atom. The van der Waals surface area contributed by atoms with Crippen molar-refractivity contribution in [3.63, 3.8) is 0 Å². The summed E-state index contributed by atoms with van der Waals surface area (Å²) in [4.78, 5) is 18.0. The van der Waals surface area contributed by atoms with Crippen LogP contribution in [0.3, 0.4) is 0 Å². The summed E-state index contributed by atoms with van der Waals surface area (Å²) < 4.78 is 0. The number of rotatable bonds is 3. The van der Waals surface area contributed by atoms with Crippen molar-refractivity contribution in [1.29, 1.82) is 0 Å². The van der Waals surface area contributed by atoms with E-state index in [4.69, 9.17) is 5.73 Å². The number of nitrogens with two attached hydrogens (primary N) is 1. The summed E-state index contributed by atoms with van der Waals surface area (Å²) in [6, 6.07) is 0.0850. The van der Waals surface area contributed by atoms with E-state index < -0.39 is 0 Å². The van der Waals surface area contributed by atoms with Gasteiger partial charge >= 0.3 is 0 Å². The first-order valence-corrected chi connectivity index (χ1v) is 6.17. The van der Waals surface area contributed by atoms with Crippen LogP contribution in [0.4, 0.5) is 0 Å². The Bertz CT molecular complexity index is 389. The number of carbonyl (C=O) groups is 1. The number of piperidine rings is 1. The predicted octanol–water partition coefficient (Wildman–Crippen LogP) is 0.321.